The lowest BCUT2D eigenvalue weighted by molar-refractivity contribution is 0.163. The number of unbranched alkanes of at least 4 members (excludes halogenated alkanes) is 1. The van der Waals surface area contributed by atoms with Crippen LogP contribution in [0, 0.1) is 12.8 Å². The zero-order chi connectivity index (χ0) is 14.3. The van der Waals surface area contributed by atoms with Gasteiger partial charge in [-0.15, -0.1) is 0 Å². The van der Waals surface area contributed by atoms with Gasteiger partial charge >= 0.3 is 0 Å². The molecule has 0 saturated carbocycles. The number of hydrogen-bond acceptors (Lipinski definition) is 3. The Morgan fingerprint density at radius 1 is 1.32 bits per heavy atom. The summed E-state index contributed by atoms with van der Waals surface area (Å²) in [6.07, 6.45) is 5.86. The molecular formula is C15H29N3O. The van der Waals surface area contributed by atoms with Crippen molar-refractivity contribution in [2.24, 2.45) is 5.92 Å². The second-order valence-electron chi connectivity index (χ2n) is 5.73. The quantitative estimate of drug-likeness (QED) is 0.694. The molecule has 0 fully saturated rings. The second kappa shape index (κ2) is 8.20. The van der Waals surface area contributed by atoms with E-state index in [1.807, 2.05) is 6.92 Å². The summed E-state index contributed by atoms with van der Waals surface area (Å²) < 4.78 is 7.38. The van der Waals surface area contributed by atoms with E-state index in [-0.39, 0.29) is 0 Å². The van der Waals surface area contributed by atoms with E-state index >= 15 is 0 Å². The van der Waals surface area contributed by atoms with Crippen molar-refractivity contribution in [3.8, 4) is 0 Å². The van der Waals surface area contributed by atoms with Crippen LogP contribution in [0.5, 0.6) is 0 Å². The first-order chi connectivity index (χ1) is 9.04. The Bertz CT molecular complexity index is 360. The maximum Gasteiger partial charge on any atom is 0.203 e. The van der Waals surface area contributed by atoms with E-state index < -0.39 is 0 Å². The standard InChI is InChI=1S/C15H29N3O/c1-12(2)8-6-7-9-16-15-17-13(3)10-18(15)14(4)11-19-5/h10,12,14H,6-9,11H2,1-5H3,(H,16,17). The average molecular weight is 267 g/mol. The molecule has 1 aromatic rings. The summed E-state index contributed by atoms with van der Waals surface area (Å²) in [5.74, 6) is 1.76. The Balaban J connectivity index is 2.44. The molecule has 1 aromatic heterocycles. The van der Waals surface area contributed by atoms with Gasteiger partial charge in [0.15, 0.2) is 0 Å². The molecule has 1 rings (SSSR count). The fourth-order valence-electron chi connectivity index (χ4n) is 2.18. The van der Waals surface area contributed by atoms with E-state index in [2.05, 4.69) is 41.8 Å². The molecule has 1 heterocycles. The highest BCUT2D eigenvalue weighted by Gasteiger charge is 2.11. The van der Waals surface area contributed by atoms with Crippen LogP contribution in [0.4, 0.5) is 5.95 Å². The van der Waals surface area contributed by atoms with Crippen LogP contribution in [0.3, 0.4) is 0 Å². The molecule has 0 spiro atoms. The topological polar surface area (TPSA) is 39.1 Å². The molecule has 19 heavy (non-hydrogen) atoms. The molecule has 110 valence electrons. The first kappa shape index (κ1) is 16.0. The molecule has 1 unspecified atom stereocenters. The Kier molecular flexibility index (Phi) is 6.92. The van der Waals surface area contributed by atoms with Crippen LogP contribution in [-0.2, 0) is 4.74 Å². The van der Waals surface area contributed by atoms with E-state index in [1.165, 1.54) is 19.3 Å². The van der Waals surface area contributed by atoms with Crippen molar-refractivity contribution in [3.63, 3.8) is 0 Å². The number of aromatic nitrogens is 2. The molecule has 1 atom stereocenters. The molecule has 0 amide bonds. The van der Waals surface area contributed by atoms with Gasteiger partial charge in [-0.1, -0.05) is 26.7 Å². The normalized spacial score (nSPS) is 12.9. The lowest BCUT2D eigenvalue weighted by Gasteiger charge is -2.16. The Morgan fingerprint density at radius 3 is 2.68 bits per heavy atom. The summed E-state index contributed by atoms with van der Waals surface area (Å²) in [6.45, 7) is 10.4. The van der Waals surface area contributed by atoms with Crippen molar-refractivity contribution in [2.45, 2.75) is 53.0 Å². The van der Waals surface area contributed by atoms with Gasteiger partial charge in [-0.2, -0.15) is 0 Å². The molecule has 0 saturated heterocycles. The van der Waals surface area contributed by atoms with Crippen LogP contribution < -0.4 is 5.32 Å². The Morgan fingerprint density at radius 2 is 2.05 bits per heavy atom. The molecule has 0 aromatic carbocycles. The number of nitrogens with one attached hydrogen (secondary N) is 1. The van der Waals surface area contributed by atoms with Crippen LogP contribution in [0.2, 0.25) is 0 Å². The largest absolute Gasteiger partial charge is 0.383 e. The summed E-state index contributed by atoms with van der Waals surface area (Å²) in [4.78, 5) is 4.54. The lowest BCUT2D eigenvalue weighted by atomic mass is 10.1. The minimum absolute atomic E-state index is 0.310. The maximum atomic E-state index is 5.22. The molecule has 1 N–H and O–H groups in total. The number of anilines is 1. The summed E-state index contributed by atoms with van der Waals surface area (Å²) in [7, 11) is 1.74. The zero-order valence-corrected chi connectivity index (χ0v) is 13.1. The van der Waals surface area contributed by atoms with Crippen LogP contribution in [0.25, 0.3) is 0 Å². The molecule has 0 aliphatic heterocycles. The summed E-state index contributed by atoms with van der Waals surface area (Å²) in [5, 5.41) is 3.44. The predicted octanol–water partition coefficient (Wildman–Crippen LogP) is 3.64. The van der Waals surface area contributed by atoms with Crippen molar-refractivity contribution < 1.29 is 4.74 Å². The highest BCUT2D eigenvalue weighted by molar-refractivity contribution is 5.29. The SMILES string of the molecule is COCC(C)n1cc(C)nc1NCCCCC(C)C. The van der Waals surface area contributed by atoms with Crippen LogP contribution >= 0.6 is 0 Å². The molecule has 0 bridgehead atoms. The first-order valence-corrected chi connectivity index (χ1v) is 7.32. The van der Waals surface area contributed by atoms with Gasteiger partial charge < -0.3 is 14.6 Å². The molecule has 0 radical (unpaired) electrons. The van der Waals surface area contributed by atoms with Crippen LogP contribution in [0.1, 0.15) is 51.8 Å². The Hall–Kier alpha value is -1.03. The zero-order valence-electron chi connectivity index (χ0n) is 13.1. The van der Waals surface area contributed by atoms with Gasteiger partial charge in [0.1, 0.15) is 0 Å². The van der Waals surface area contributed by atoms with E-state index in [4.69, 9.17) is 4.74 Å². The van der Waals surface area contributed by atoms with E-state index in [1.54, 1.807) is 7.11 Å². The van der Waals surface area contributed by atoms with E-state index in [9.17, 15) is 0 Å². The highest BCUT2D eigenvalue weighted by atomic mass is 16.5. The second-order valence-corrected chi connectivity index (χ2v) is 5.73. The van der Waals surface area contributed by atoms with Gasteiger partial charge in [-0.25, -0.2) is 4.98 Å². The maximum absolute atomic E-state index is 5.22. The third-order valence-corrected chi connectivity index (χ3v) is 3.23. The summed E-state index contributed by atoms with van der Waals surface area (Å²) in [5.41, 5.74) is 1.05. The third-order valence-electron chi connectivity index (χ3n) is 3.23. The average Bonchev–Trinajstić information content (AvgIpc) is 2.70. The van der Waals surface area contributed by atoms with Crippen LogP contribution in [-0.4, -0.2) is 29.8 Å². The first-order valence-electron chi connectivity index (χ1n) is 7.32. The number of methoxy groups -OCH3 is 1. The fourth-order valence-corrected chi connectivity index (χ4v) is 2.18. The van der Waals surface area contributed by atoms with E-state index in [0.29, 0.717) is 12.6 Å². The monoisotopic (exact) mass is 267 g/mol. The van der Waals surface area contributed by atoms with Crippen LogP contribution in [0.15, 0.2) is 6.20 Å². The molecule has 0 aliphatic rings. The smallest absolute Gasteiger partial charge is 0.203 e. The third kappa shape index (κ3) is 5.64. The van der Waals surface area contributed by atoms with Crippen molar-refractivity contribution in [2.75, 3.05) is 25.6 Å². The summed E-state index contributed by atoms with van der Waals surface area (Å²) >= 11 is 0. The number of ether oxygens (including phenoxy) is 1. The lowest BCUT2D eigenvalue weighted by Crippen LogP contribution is -2.15. The van der Waals surface area contributed by atoms with Gasteiger partial charge in [-0.05, 0) is 26.2 Å². The van der Waals surface area contributed by atoms with Crippen molar-refractivity contribution in [1.29, 1.82) is 0 Å². The molecule has 4 heteroatoms. The minimum atomic E-state index is 0.310. The number of imidazole rings is 1. The minimum Gasteiger partial charge on any atom is -0.383 e. The summed E-state index contributed by atoms with van der Waals surface area (Å²) in [6, 6.07) is 0.310. The van der Waals surface area contributed by atoms with Crippen molar-refractivity contribution >= 4 is 5.95 Å². The number of rotatable bonds is 9. The molecular weight excluding hydrogens is 238 g/mol. The van der Waals surface area contributed by atoms with Gasteiger partial charge in [0.05, 0.1) is 18.3 Å². The highest BCUT2D eigenvalue weighted by Crippen LogP contribution is 2.16. The van der Waals surface area contributed by atoms with Gasteiger partial charge in [0.2, 0.25) is 5.95 Å². The van der Waals surface area contributed by atoms with Gasteiger partial charge in [0, 0.05) is 19.9 Å². The van der Waals surface area contributed by atoms with Crippen molar-refractivity contribution in [1.82, 2.24) is 9.55 Å². The number of hydrogen-bond donors (Lipinski definition) is 1. The van der Waals surface area contributed by atoms with Gasteiger partial charge in [-0.3, -0.25) is 0 Å². The van der Waals surface area contributed by atoms with E-state index in [0.717, 1.165) is 24.1 Å². The molecule has 4 nitrogen and oxygen atoms in total. The number of aryl methyl sites for hydroxylation is 1. The fraction of sp³-hybridized carbons (Fsp3) is 0.800. The molecule has 0 aliphatic carbocycles. The Labute approximate surface area is 117 Å². The van der Waals surface area contributed by atoms with Crippen molar-refractivity contribution in [3.05, 3.63) is 11.9 Å². The van der Waals surface area contributed by atoms with Gasteiger partial charge in [0.25, 0.3) is 0 Å². The predicted molar refractivity (Wildman–Crippen MR) is 80.7 cm³/mol. The number of nitrogens with zero attached hydrogens (tertiary/aromatic N) is 2.